The summed E-state index contributed by atoms with van der Waals surface area (Å²) in [5.41, 5.74) is 1.45. The summed E-state index contributed by atoms with van der Waals surface area (Å²) in [5.74, 6) is 0.855. The monoisotopic (exact) mass is 260 g/mol. The van der Waals surface area contributed by atoms with Crippen LogP contribution >= 0.6 is 0 Å². The van der Waals surface area contributed by atoms with Crippen LogP contribution in [0.25, 0.3) is 0 Å². The Morgan fingerprint density at radius 1 is 1.26 bits per heavy atom. The quantitative estimate of drug-likeness (QED) is 0.874. The van der Waals surface area contributed by atoms with E-state index in [1.807, 2.05) is 0 Å². The Kier molecular flexibility index (Phi) is 5.87. The average Bonchev–Trinajstić information content (AvgIpc) is 2.65. The number of hydrogen-bond donors (Lipinski definition) is 1. The molecule has 0 bridgehead atoms. The van der Waals surface area contributed by atoms with E-state index in [4.69, 9.17) is 0 Å². The summed E-state index contributed by atoms with van der Waals surface area (Å²) in [6.45, 7) is 5.94. The highest BCUT2D eigenvalue weighted by Crippen LogP contribution is 2.22. The summed E-state index contributed by atoms with van der Waals surface area (Å²) < 4.78 is 0. The maximum absolute atomic E-state index is 3.38. The number of hydrogen-bond acceptors (Lipinski definition) is 2. The summed E-state index contributed by atoms with van der Waals surface area (Å²) in [6, 6.07) is 11.5. The largest absolute Gasteiger partial charge is 0.317 e. The van der Waals surface area contributed by atoms with Gasteiger partial charge in [-0.25, -0.2) is 0 Å². The van der Waals surface area contributed by atoms with Crippen molar-refractivity contribution in [3.8, 4) is 0 Å². The summed E-state index contributed by atoms with van der Waals surface area (Å²) in [5, 5.41) is 3.38. The van der Waals surface area contributed by atoms with Crippen LogP contribution in [-0.2, 0) is 6.54 Å². The molecule has 106 valence electrons. The fourth-order valence-corrected chi connectivity index (χ4v) is 3.11. The minimum Gasteiger partial charge on any atom is -0.317 e. The summed E-state index contributed by atoms with van der Waals surface area (Å²) >= 11 is 0. The van der Waals surface area contributed by atoms with Crippen molar-refractivity contribution in [1.29, 1.82) is 0 Å². The van der Waals surface area contributed by atoms with Crippen LogP contribution in [0.5, 0.6) is 0 Å². The van der Waals surface area contributed by atoms with Gasteiger partial charge in [-0.3, -0.25) is 4.90 Å². The van der Waals surface area contributed by atoms with Gasteiger partial charge in [0.25, 0.3) is 0 Å². The Hall–Kier alpha value is -0.860. The lowest BCUT2D eigenvalue weighted by Gasteiger charge is -2.26. The van der Waals surface area contributed by atoms with Crippen molar-refractivity contribution in [2.24, 2.45) is 5.92 Å². The smallest absolute Gasteiger partial charge is 0.0233 e. The molecule has 1 aliphatic rings. The molecular weight excluding hydrogens is 232 g/mol. The molecule has 0 radical (unpaired) electrons. The highest BCUT2D eigenvalue weighted by molar-refractivity contribution is 5.14. The predicted octanol–water partition coefficient (Wildman–Crippen LogP) is 3.29. The van der Waals surface area contributed by atoms with Gasteiger partial charge in [-0.1, -0.05) is 36.8 Å². The second kappa shape index (κ2) is 7.66. The van der Waals surface area contributed by atoms with E-state index in [0.717, 1.165) is 12.5 Å². The van der Waals surface area contributed by atoms with E-state index in [1.165, 1.54) is 44.3 Å². The zero-order valence-corrected chi connectivity index (χ0v) is 12.4. The van der Waals surface area contributed by atoms with Gasteiger partial charge < -0.3 is 5.32 Å². The SMILES string of the molecule is CNC(C)CC1CCCCN(Cc2ccccc2)C1. The lowest BCUT2D eigenvalue weighted by Crippen LogP contribution is -2.32. The van der Waals surface area contributed by atoms with E-state index in [0.29, 0.717) is 6.04 Å². The van der Waals surface area contributed by atoms with Gasteiger partial charge in [0.15, 0.2) is 0 Å². The summed E-state index contributed by atoms with van der Waals surface area (Å²) in [6.07, 6.45) is 5.46. The third kappa shape index (κ3) is 4.96. The Balaban J connectivity index is 1.89. The molecule has 1 aliphatic heterocycles. The number of likely N-dealkylation sites (tertiary alicyclic amines) is 1. The van der Waals surface area contributed by atoms with Gasteiger partial charge in [0, 0.05) is 19.1 Å². The van der Waals surface area contributed by atoms with E-state index in [-0.39, 0.29) is 0 Å². The number of benzene rings is 1. The van der Waals surface area contributed by atoms with Crippen LogP contribution < -0.4 is 5.32 Å². The van der Waals surface area contributed by atoms with Crippen LogP contribution in [0, 0.1) is 5.92 Å². The number of nitrogens with zero attached hydrogens (tertiary/aromatic N) is 1. The molecule has 0 aliphatic carbocycles. The Morgan fingerprint density at radius 3 is 2.79 bits per heavy atom. The van der Waals surface area contributed by atoms with Crippen LogP contribution in [0.2, 0.25) is 0 Å². The van der Waals surface area contributed by atoms with Crippen molar-refractivity contribution in [1.82, 2.24) is 10.2 Å². The predicted molar refractivity (Wildman–Crippen MR) is 82.2 cm³/mol. The van der Waals surface area contributed by atoms with Gasteiger partial charge in [0.1, 0.15) is 0 Å². The zero-order valence-electron chi connectivity index (χ0n) is 12.4. The van der Waals surface area contributed by atoms with E-state index in [2.05, 4.69) is 54.5 Å². The van der Waals surface area contributed by atoms with Crippen molar-refractivity contribution in [2.45, 2.75) is 45.2 Å². The fourth-order valence-electron chi connectivity index (χ4n) is 3.11. The third-order valence-electron chi connectivity index (χ3n) is 4.28. The first-order valence-electron chi connectivity index (χ1n) is 7.71. The third-order valence-corrected chi connectivity index (χ3v) is 4.28. The molecule has 2 atom stereocenters. The molecule has 2 unspecified atom stereocenters. The molecule has 2 heteroatoms. The molecule has 0 aromatic heterocycles. The van der Waals surface area contributed by atoms with Crippen molar-refractivity contribution in [2.75, 3.05) is 20.1 Å². The summed E-state index contributed by atoms with van der Waals surface area (Å²) in [4.78, 5) is 2.65. The first-order valence-corrected chi connectivity index (χ1v) is 7.71. The molecule has 1 heterocycles. The van der Waals surface area contributed by atoms with Crippen molar-refractivity contribution < 1.29 is 0 Å². The second-order valence-electron chi connectivity index (χ2n) is 6.01. The van der Waals surface area contributed by atoms with Gasteiger partial charge in [-0.2, -0.15) is 0 Å². The molecule has 2 rings (SSSR count). The topological polar surface area (TPSA) is 15.3 Å². The molecule has 1 aromatic carbocycles. The standard InChI is InChI=1S/C17H28N2/c1-15(18-2)12-17-10-6-7-11-19(14-17)13-16-8-4-3-5-9-16/h3-5,8-9,15,17-18H,6-7,10-14H2,1-2H3. The van der Waals surface area contributed by atoms with E-state index >= 15 is 0 Å². The minimum absolute atomic E-state index is 0.640. The molecule has 0 saturated carbocycles. The van der Waals surface area contributed by atoms with Gasteiger partial charge in [0.2, 0.25) is 0 Å². The lowest BCUT2D eigenvalue weighted by atomic mass is 9.95. The molecule has 1 saturated heterocycles. The second-order valence-corrected chi connectivity index (χ2v) is 6.01. The van der Waals surface area contributed by atoms with Crippen LogP contribution in [0.15, 0.2) is 30.3 Å². The van der Waals surface area contributed by atoms with Crippen LogP contribution in [0.1, 0.15) is 38.2 Å². The lowest BCUT2D eigenvalue weighted by molar-refractivity contribution is 0.227. The van der Waals surface area contributed by atoms with Crippen molar-refractivity contribution in [3.63, 3.8) is 0 Å². The van der Waals surface area contributed by atoms with Crippen molar-refractivity contribution >= 4 is 0 Å². The molecule has 0 spiro atoms. The Morgan fingerprint density at radius 2 is 2.05 bits per heavy atom. The molecule has 0 amide bonds. The van der Waals surface area contributed by atoms with Gasteiger partial charge in [-0.05, 0) is 51.3 Å². The van der Waals surface area contributed by atoms with Crippen LogP contribution in [-0.4, -0.2) is 31.1 Å². The first kappa shape index (κ1) is 14.5. The van der Waals surface area contributed by atoms with E-state index < -0.39 is 0 Å². The highest BCUT2D eigenvalue weighted by Gasteiger charge is 2.19. The normalized spacial score (nSPS) is 22.9. The van der Waals surface area contributed by atoms with E-state index in [1.54, 1.807) is 0 Å². The molecular formula is C17H28N2. The molecule has 19 heavy (non-hydrogen) atoms. The Labute approximate surface area is 118 Å². The molecule has 1 fully saturated rings. The van der Waals surface area contributed by atoms with Crippen LogP contribution in [0.3, 0.4) is 0 Å². The average molecular weight is 260 g/mol. The van der Waals surface area contributed by atoms with Gasteiger partial charge in [-0.15, -0.1) is 0 Å². The Bertz CT molecular complexity index is 350. The maximum atomic E-state index is 3.38. The number of rotatable bonds is 5. The van der Waals surface area contributed by atoms with E-state index in [9.17, 15) is 0 Å². The zero-order chi connectivity index (χ0) is 13.5. The fraction of sp³-hybridized carbons (Fsp3) is 0.647. The molecule has 1 aromatic rings. The number of nitrogens with one attached hydrogen (secondary N) is 1. The van der Waals surface area contributed by atoms with Gasteiger partial charge in [0.05, 0.1) is 0 Å². The first-order chi connectivity index (χ1) is 9.28. The minimum atomic E-state index is 0.640. The maximum Gasteiger partial charge on any atom is 0.0233 e. The van der Waals surface area contributed by atoms with Crippen LogP contribution in [0.4, 0.5) is 0 Å². The highest BCUT2D eigenvalue weighted by atomic mass is 15.1. The molecule has 2 nitrogen and oxygen atoms in total. The van der Waals surface area contributed by atoms with Gasteiger partial charge >= 0.3 is 0 Å². The molecule has 1 N–H and O–H groups in total. The summed E-state index contributed by atoms with van der Waals surface area (Å²) in [7, 11) is 2.07. The van der Waals surface area contributed by atoms with Crippen molar-refractivity contribution in [3.05, 3.63) is 35.9 Å².